The second kappa shape index (κ2) is 7.56. The first-order valence-electron chi connectivity index (χ1n) is 8.40. The third kappa shape index (κ3) is 3.35. The van der Waals surface area contributed by atoms with Gasteiger partial charge in [-0.25, -0.2) is 0 Å². The number of hydrogen-bond acceptors (Lipinski definition) is 0. The van der Waals surface area contributed by atoms with Crippen molar-refractivity contribution in [2.75, 3.05) is 0 Å². The van der Waals surface area contributed by atoms with E-state index in [1.807, 2.05) is 3.28 Å². The predicted molar refractivity (Wildman–Crippen MR) is 92.3 cm³/mol. The summed E-state index contributed by atoms with van der Waals surface area (Å²) in [6, 6.07) is 8.93. The van der Waals surface area contributed by atoms with E-state index in [1.54, 1.807) is 8.85 Å². The van der Waals surface area contributed by atoms with Gasteiger partial charge in [0.15, 0.2) is 0 Å². The number of allylic oxidation sites excluding steroid dienone is 6. The van der Waals surface area contributed by atoms with Crippen molar-refractivity contribution in [2.45, 2.75) is 44.9 Å². The Labute approximate surface area is 146 Å². The Kier molecular flexibility index (Phi) is 5.47. The zero-order valence-electron chi connectivity index (χ0n) is 13.4. The first kappa shape index (κ1) is 15.9. The molecule has 0 N–H and O–H groups in total. The van der Waals surface area contributed by atoms with Crippen LogP contribution in [0, 0.1) is 0 Å². The average molecular weight is 368 g/mol. The summed E-state index contributed by atoms with van der Waals surface area (Å²) in [6.07, 6.45) is 15.6. The molecular weight excluding hydrogens is 343 g/mol. The van der Waals surface area contributed by atoms with Crippen molar-refractivity contribution in [3.8, 4) is 0 Å². The molecule has 1 aromatic rings. The minimum atomic E-state index is -0.637. The van der Waals surface area contributed by atoms with Gasteiger partial charge in [0, 0.05) is 0 Å². The topological polar surface area (TPSA) is 0 Å². The molecule has 3 rings (SSSR count). The van der Waals surface area contributed by atoms with E-state index in [0.717, 1.165) is 6.42 Å². The summed E-state index contributed by atoms with van der Waals surface area (Å²) in [4.78, 5) is 0. The molecule has 0 nitrogen and oxygen atoms in total. The van der Waals surface area contributed by atoms with Crippen LogP contribution in [-0.2, 0) is 23.2 Å². The molecule has 0 saturated heterocycles. The van der Waals surface area contributed by atoms with Gasteiger partial charge in [0.1, 0.15) is 0 Å². The standard InChI is InChI=1S/C12H11.C9H13.Zr/c1-2-5-10-8-9-11-6-3-4-7-12(10)11;1-2-3-6-9-7-4-5-8-9;/h2-4,6-7,9-10H,1,5H2;4,7H,2-3,5-6H2,1H3;. The molecule has 2 aliphatic rings. The molecule has 0 aliphatic heterocycles. The van der Waals surface area contributed by atoms with Gasteiger partial charge in [-0.3, -0.25) is 0 Å². The van der Waals surface area contributed by atoms with Gasteiger partial charge < -0.3 is 0 Å². The van der Waals surface area contributed by atoms with Crippen molar-refractivity contribution in [3.63, 3.8) is 0 Å². The zero-order valence-corrected chi connectivity index (χ0v) is 15.9. The minimum absolute atomic E-state index is 0.612. The van der Waals surface area contributed by atoms with Gasteiger partial charge in [0.2, 0.25) is 0 Å². The average Bonchev–Trinajstić information content (AvgIpc) is 3.11. The summed E-state index contributed by atoms with van der Waals surface area (Å²) in [5, 5.41) is 0. The Balaban J connectivity index is 1.81. The predicted octanol–water partition coefficient (Wildman–Crippen LogP) is 6.19. The monoisotopic (exact) mass is 366 g/mol. The Morgan fingerprint density at radius 1 is 1.32 bits per heavy atom. The molecule has 1 heteroatoms. The van der Waals surface area contributed by atoms with E-state index in [-0.39, 0.29) is 0 Å². The molecule has 112 valence electrons. The molecule has 0 fully saturated rings. The summed E-state index contributed by atoms with van der Waals surface area (Å²) < 4.78 is 3.56. The molecule has 0 bridgehead atoms. The maximum absolute atomic E-state index is 3.99. The van der Waals surface area contributed by atoms with Gasteiger partial charge in [-0.15, -0.1) is 0 Å². The van der Waals surface area contributed by atoms with E-state index in [1.165, 1.54) is 36.8 Å². The summed E-state index contributed by atoms with van der Waals surface area (Å²) in [5.74, 6) is 0.612. The van der Waals surface area contributed by atoms with Crippen molar-refractivity contribution >= 4 is 6.08 Å². The third-order valence-electron chi connectivity index (χ3n) is 4.58. The normalized spacial score (nSPS) is 19.3. The first-order chi connectivity index (χ1) is 10.8. The van der Waals surface area contributed by atoms with Gasteiger partial charge in [-0.2, -0.15) is 0 Å². The van der Waals surface area contributed by atoms with Crippen LogP contribution in [0.25, 0.3) is 6.08 Å². The molecular formula is C21H24Zr. The van der Waals surface area contributed by atoms with E-state index in [0.29, 0.717) is 5.92 Å². The van der Waals surface area contributed by atoms with Crippen molar-refractivity contribution in [1.82, 2.24) is 0 Å². The second-order valence-corrected chi connectivity index (χ2v) is 9.66. The fourth-order valence-corrected chi connectivity index (χ4v) is 7.36. The molecule has 0 heterocycles. The molecule has 0 spiro atoms. The van der Waals surface area contributed by atoms with E-state index < -0.39 is 23.2 Å². The van der Waals surface area contributed by atoms with E-state index in [4.69, 9.17) is 0 Å². The van der Waals surface area contributed by atoms with Gasteiger partial charge in [-0.05, 0) is 0 Å². The van der Waals surface area contributed by atoms with E-state index in [9.17, 15) is 0 Å². The Morgan fingerprint density at radius 3 is 3.00 bits per heavy atom. The van der Waals surface area contributed by atoms with Crippen LogP contribution in [0.15, 0.2) is 61.2 Å². The molecule has 0 aromatic heterocycles. The SMILES string of the molecule is C=CCC1[C]([Zr][C]2=C(CCCC)C=CC2)=Cc2ccccc21. The Morgan fingerprint density at radius 2 is 2.18 bits per heavy atom. The van der Waals surface area contributed by atoms with Gasteiger partial charge in [-0.1, -0.05) is 0 Å². The van der Waals surface area contributed by atoms with Crippen molar-refractivity contribution in [2.24, 2.45) is 0 Å². The van der Waals surface area contributed by atoms with Crippen LogP contribution < -0.4 is 0 Å². The van der Waals surface area contributed by atoms with Gasteiger partial charge in [0.25, 0.3) is 0 Å². The third-order valence-corrected chi connectivity index (χ3v) is 8.54. The van der Waals surface area contributed by atoms with Crippen LogP contribution in [0.2, 0.25) is 0 Å². The fraction of sp³-hybridized carbons (Fsp3) is 0.333. The zero-order chi connectivity index (χ0) is 15.4. The molecule has 1 unspecified atom stereocenters. The molecule has 1 atom stereocenters. The van der Waals surface area contributed by atoms with Crippen molar-refractivity contribution < 1.29 is 23.2 Å². The van der Waals surface area contributed by atoms with Crippen LogP contribution >= 0.6 is 0 Å². The fourth-order valence-electron chi connectivity index (χ4n) is 3.40. The van der Waals surface area contributed by atoms with E-state index in [2.05, 4.69) is 62.1 Å². The van der Waals surface area contributed by atoms with Gasteiger partial charge >= 0.3 is 147 Å². The summed E-state index contributed by atoms with van der Waals surface area (Å²) in [6.45, 7) is 6.27. The van der Waals surface area contributed by atoms with Crippen LogP contribution in [0.3, 0.4) is 0 Å². The summed E-state index contributed by atoms with van der Waals surface area (Å²) in [5.41, 5.74) is 4.65. The second-order valence-electron chi connectivity index (χ2n) is 6.14. The molecule has 0 saturated carbocycles. The van der Waals surface area contributed by atoms with Crippen molar-refractivity contribution in [3.05, 3.63) is 72.3 Å². The number of unbranched alkanes of at least 4 members (excludes halogenated alkanes) is 1. The molecule has 2 aliphatic carbocycles. The molecule has 0 amide bonds. The molecule has 22 heavy (non-hydrogen) atoms. The first-order valence-corrected chi connectivity index (χ1v) is 10.9. The van der Waals surface area contributed by atoms with Crippen LogP contribution in [0.5, 0.6) is 0 Å². The Hall–Kier alpha value is -0.937. The number of rotatable bonds is 7. The maximum atomic E-state index is 3.99. The van der Waals surface area contributed by atoms with Crippen LogP contribution in [0.1, 0.15) is 56.1 Å². The van der Waals surface area contributed by atoms with Gasteiger partial charge in [0.05, 0.1) is 0 Å². The summed E-state index contributed by atoms with van der Waals surface area (Å²) in [7, 11) is 0. The number of hydrogen-bond donors (Lipinski definition) is 0. The van der Waals surface area contributed by atoms with Crippen molar-refractivity contribution in [1.29, 1.82) is 0 Å². The molecule has 1 aromatic carbocycles. The van der Waals surface area contributed by atoms with E-state index >= 15 is 0 Å². The quantitative estimate of drug-likeness (QED) is 0.504. The number of benzene rings is 1. The number of fused-ring (bicyclic) bond motifs is 1. The summed E-state index contributed by atoms with van der Waals surface area (Å²) >= 11 is -0.637. The van der Waals surface area contributed by atoms with Crippen LogP contribution in [-0.4, -0.2) is 0 Å². The Bertz CT molecular complexity index is 646. The van der Waals surface area contributed by atoms with Crippen LogP contribution in [0.4, 0.5) is 0 Å². The molecule has 0 radical (unpaired) electrons.